The van der Waals surface area contributed by atoms with Crippen LogP contribution in [0.3, 0.4) is 0 Å². The fraction of sp³-hybridized carbons (Fsp3) is 0.233. The molecule has 5 rings (SSSR count). The zero-order chi connectivity index (χ0) is 22.5. The third-order valence-electron chi connectivity index (χ3n) is 7.09. The molecule has 0 spiro atoms. The summed E-state index contributed by atoms with van der Waals surface area (Å²) in [6.07, 6.45) is 6.33. The second-order valence-corrected chi connectivity index (χ2v) is 21.8. The Kier molecular flexibility index (Phi) is 8.63. The molecule has 0 aliphatic heterocycles. The second-order valence-electron chi connectivity index (χ2n) is 10.3. The average Bonchev–Trinajstić information content (AvgIpc) is 3.36. The van der Waals surface area contributed by atoms with Gasteiger partial charge in [0.05, 0.1) is 0 Å². The van der Waals surface area contributed by atoms with Crippen LogP contribution in [0.2, 0.25) is 19.6 Å². The summed E-state index contributed by atoms with van der Waals surface area (Å²) in [7, 11) is -1.33. The van der Waals surface area contributed by atoms with Gasteiger partial charge >= 0.3 is 203 Å². The molecule has 0 fully saturated rings. The molecule has 3 aromatic rings. The Labute approximate surface area is 226 Å². The predicted octanol–water partition coefficient (Wildman–Crippen LogP) is 7.92. The molecule has 34 heavy (non-hydrogen) atoms. The molecule has 0 bridgehead atoms. The summed E-state index contributed by atoms with van der Waals surface area (Å²) in [6.45, 7) is 12.3. The van der Waals surface area contributed by atoms with E-state index in [1.165, 1.54) is 22.3 Å². The molecule has 0 N–H and O–H groups in total. The topological polar surface area (TPSA) is 0 Å². The third kappa shape index (κ3) is 4.98. The van der Waals surface area contributed by atoms with Crippen LogP contribution in [0.1, 0.15) is 30.5 Å². The molecular formula is C30H34Cl2SiZr. The van der Waals surface area contributed by atoms with Crippen molar-refractivity contribution in [2.45, 2.75) is 39.9 Å². The zero-order valence-electron chi connectivity index (χ0n) is 20.7. The predicted molar refractivity (Wildman–Crippen MR) is 154 cm³/mol. The van der Waals surface area contributed by atoms with Gasteiger partial charge in [-0.2, -0.15) is 0 Å². The number of allylic oxidation sites excluding steroid dienone is 4. The van der Waals surface area contributed by atoms with E-state index in [1.54, 1.807) is 20.5 Å². The molecule has 0 heterocycles. The summed E-state index contributed by atoms with van der Waals surface area (Å²) in [5, 5.41) is 1.65. The number of fused-ring (bicyclic) bond motifs is 3. The van der Waals surface area contributed by atoms with E-state index in [0.29, 0.717) is 5.92 Å². The first-order valence-electron chi connectivity index (χ1n) is 11.8. The van der Waals surface area contributed by atoms with Gasteiger partial charge in [-0.3, -0.25) is 0 Å². The third-order valence-corrected chi connectivity index (χ3v) is 17.1. The summed E-state index contributed by atoms with van der Waals surface area (Å²) in [5.41, 5.74) is 7.45. The van der Waals surface area contributed by atoms with E-state index in [4.69, 9.17) is 0 Å². The maximum absolute atomic E-state index is 2.65. The van der Waals surface area contributed by atoms with E-state index in [-0.39, 0.29) is 24.8 Å². The molecule has 176 valence electrons. The van der Waals surface area contributed by atoms with Crippen LogP contribution >= 0.6 is 24.8 Å². The van der Waals surface area contributed by atoms with E-state index in [0.717, 1.165) is 6.42 Å². The molecule has 0 nitrogen and oxygen atoms in total. The van der Waals surface area contributed by atoms with Crippen LogP contribution in [-0.4, -0.2) is 11.3 Å². The van der Waals surface area contributed by atoms with Crippen LogP contribution in [0.5, 0.6) is 0 Å². The van der Waals surface area contributed by atoms with Crippen LogP contribution in [0.4, 0.5) is 0 Å². The monoisotopic (exact) mass is 582 g/mol. The Morgan fingerprint density at radius 3 is 2.15 bits per heavy atom. The minimum atomic E-state index is -2.34. The number of hydrogen-bond acceptors (Lipinski definition) is 0. The molecule has 4 heteroatoms. The van der Waals surface area contributed by atoms with E-state index < -0.39 is 29.3 Å². The Hall–Kier alpha value is -1.31. The van der Waals surface area contributed by atoms with Crippen molar-refractivity contribution in [3.8, 4) is 11.1 Å². The maximum Gasteiger partial charge on any atom is -0.147 e. The van der Waals surface area contributed by atoms with Crippen LogP contribution in [0.25, 0.3) is 11.1 Å². The SMILES string of the molecule is C/[C](c1ccccc1)=[Zr](\[C]1=CC([Si](C)(C)C)=CC1C)[c]1cccc2c1Cc1ccccc1-2.Cl.Cl. The standard InChI is InChI=1S/C13H9.C9H15Si.C8H8.2ClH.Zr/c1-3-7-12-10(5-1)9-11-6-2-4-8-13(11)12;1-8-5-6-9(7-8)10(2,3)4;1-2-8-6-4-3-5-7-8;;;/h1-5,7-8H,9H2;6-8H,1-4H3;3-7H,1H3;2*1H;. The van der Waals surface area contributed by atoms with Gasteiger partial charge in [0.1, 0.15) is 0 Å². The normalized spacial score (nSPS) is 16.9. The summed E-state index contributed by atoms with van der Waals surface area (Å²) in [5.74, 6) is 0.560. The summed E-state index contributed by atoms with van der Waals surface area (Å²) >= 11 is -2.34. The Morgan fingerprint density at radius 1 is 0.824 bits per heavy atom. The van der Waals surface area contributed by atoms with Crippen molar-refractivity contribution >= 4 is 39.4 Å². The van der Waals surface area contributed by atoms with Gasteiger partial charge in [-0.05, 0) is 0 Å². The molecule has 0 amide bonds. The van der Waals surface area contributed by atoms with E-state index in [9.17, 15) is 0 Å². The van der Waals surface area contributed by atoms with Crippen LogP contribution in [0, 0.1) is 5.92 Å². The molecule has 3 aromatic carbocycles. The van der Waals surface area contributed by atoms with Crippen molar-refractivity contribution in [3.63, 3.8) is 0 Å². The first kappa shape index (κ1) is 27.3. The molecule has 0 aromatic heterocycles. The maximum atomic E-state index is 2.65. The largest absolute Gasteiger partial charge is 0.147 e. The zero-order valence-corrected chi connectivity index (χ0v) is 25.8. The van der Waals surface area contributed by atoms with E-state index in [1.807, 2.05) is 0 Å². The van der Waals surface area contributed by atoms with E-state index in [2.05, 4.69) is 118 Å². The Balaban J connectivity index is 0.00000162. The van der Waals surface area contributed by atoms with Crippen LogP contribution < -0.4 is 3.27 Å². The first-order chi connectivity index (χ1) is 15.3. The smallest absolute Gasteiger partial charge is 0.147 e. The van der Waals surface area contributed by atoms with Gasteiger partial charge in [-0.25, -0.2) is 0 Å². The molecule has 1 atom stereocenters. The number of rotatable bonds is 4. The summed E-state index contributed by atoms with van der Waals surface area (Å²) in [4.78, 5) is 0. The molecule has 2 aliphatic rings. The van der Waals surface area contributed by atoms with Crippen molar-refractivity contribution in [2.75, 3.05) is 0 Å². The number of benzene rings is 3. The Bertz CT molecular complexity index is 1300. The second kappa shape index (κ2) is 10.8. The van der Waals surface area contributed by atoms with Crippen LogP contribution in [-0.2, 0) is 27.7 Å². The van der Waals surface area contributed by atoms with Crippen molar-refractivity contribution in [3.05, 3.63) is 110 Å². The molecule has 2 aliphatic carbocycles. The van der Waals surface area contributed by atoms with Gasteiger partial charge in [0.15, 0.2) is 0 Å². The minimum Gasteiger partial charge on any atom is -0.147 e. The van der Waals surface area contributed by atoms with Crippen molar-refractivity contribution in [1.29, 1.82) is 0 Å². The van der Waals surface area contributed by atoms with Gasteiger partial charge in [-0.15, -0.1) is 24.8 Å². The summed E-state index contributed by atoms with van der Waals surface area (Å²) < 4.78 is 5.10. The van der Waals surface area contributed by atoms with Crippen molar-refractivity contribution in [2.24, 2.45) is 5.92 Å². The number of hydrogen-bond donors (Lipinski definition) is 0. The molecule has 1 unspecified atom stereocenters. The molecular weight excluding hydrogens is 551 g/mol. The quantitative estimate of drug-likeness (QED) is 0.214. The summed E-state index contributed by atoms with van der Waals surface area (Å²) in [6, 6.07) is 27.3. The molecule has 0 saturated heterocycles. The van der Waals surface area contributed by atoms with Gasteiger partial charge in [0.25, 0.3) is 0 Å². The molecule has 0 radical (unpaired) electrons. The number of halogens is 2. The fourth-order valence-electron chi connectivity index (χ4n) is 5.27. The molecule has 0 saturated carbocycles. The Morgan fingerprint density at radius 2 is 1.47 bits per heavy atom. The average molecular weight is 585 g/mol. The minimum absolute atomic E-state index is 0. The van der Waals surface area contributed by atoms with Gasteiger partial charge in [0.2, 0.25) is 0 Å². The van der Waals surface area contributed by atoms with Crippen molar-refractivity contribution < 1.29 is 21.3 Å². The van der Waals surface area contributed by atoms with Crippen LogP contribution in [0.15, 0.2) is 93.4 Å². The van der Waals surface area contributed by atoms with E-state index >= 15 is 0 Å². The van der Waals surface area contributed by atoms with Gasteiger partial charge in [0, 0.05) is 0 Å². The van der Waals surface area contributed by atoms with Gasteiger partial charge in [-0.1, -0.05) is 0 Å². The van der Waals surface area contributed by atoms with Crippen molar-refractivity contribution in [1.82, 2.24) is 0 Å². The first-order valence-corrected chi connectivity index (χ1v) is 18.9. The fourth-order valence-corrected chi connectivity index (χ4v) is 14.9. The van der Waals surface area contributed by atoms with Gasteiger partial charge < -0.3 is 0 Å².